The van der Waals surface area contributed by atoms with Gasteiger partial charge in [-0.05, 0) is 42.3 Å². The molecule has 0 saturated carbocycles. The first-order chi connectivity index (χ1) is 11.9. The number of benzene rings is 2. The zero-order valence-electron chi connectivity index (χ0n) is 14.3. The third-order valence-electron chi connectivity index (χ3n) is 3.74. The molecule has 0 atom stereocenters. The predicted molar refractivity (Wildman–Crippen MR) is 92.5 cm³/mol. The monoisotopic (exact) mass is 430 g/mol. The maximum absolute atomic E-state index is 12.8. The first-order valence-electron chi connectivity index (χ1n) is 7.21. The van der Waals surface area contributed by atoms with Crippen molar-refractivity contribution in [3.8, 4) is 11.1 Å². The number of carbonyl (C=O) groups is 1. The first kappa shape index (κ1) is 21.2. The highest BCUT2D eigenvalue weighted by atomic mass is 32.5. The number of hydrogen-bond donors (Lipinski definition) is 0. The van der Waals surface area contributed by atoms with Crippen molar-refractivity contribution >= 4 is 26.0 Å². The van der Waals surface area contributed by atoms with Gasteiger partial charge >= 0.3 is 16.2 Å². The molecule has 27 heavy (non-hydrogen) atoms. The quantitative estimate of drug-likeness (QED) is 0.474. The van der Waals surface area contributed by atoms with Crippen LogP contribution in [0, 0.1) is 6.92 Å². The molecule has 150 valence electrons. The van der Waals surface area contributed by atoms with Gasteiger partial charge in [0.1, 0.15) is 4.90 Å². The summed E-state index contributed by atoms with van der Waals surface area (Å²) < 4.78 is 93.0. The number of ether oxygens (including phenoxy) is 1. The van der Waals surface area contributed by atoms with E-state index in [9.17, 15) is 32.6 Å². The molecule has 0 fully saturated rings. The molecule has 2 rings (SSSR count). The molecule has 0 aromatic heterocycles. The summed E-state index contributed by atoms with van der Waals surface area (Å²) in [7, 11) is -12.6. The molecule has 0 saturated heterocycles. The van der Waals surface area contributed by atoms with Gasteiger partial charge in [-0.1, -0.05) is 31.6 Å². The topological polar surface area (TPSA) is 60.4 Å². The summed E-state index contributed by atoms with van der Waals surface area (Å²) in [6, 6.07) is 4.24. The lowest BCUT2D eigenvalue weighted by atomic mass is 9.99. The van der Waals surface area contributed by atoms with E-state index in [2.05, 4.69) is 4.74 Å². The van der Waals surface area contributed by atoms with Crippen LogP contribution in [0.5, 0.6) is 0 Å². The maximum Gasteiger partial charge on any atom is 0.338 e. The Kier molecular flexibility index (Phi) is 4.45. The van der Waals surface area contributed by atoms with Crippen LogP contribution in [0.4, 0.5) is 19.4 Å². The largest absolute Gasteiger partial charge is 0.465 e. The highest BCUT2D eigenvalue weighted by Crippen LogP contribution is 3.02. The molecule has 2 aromatic carbocycles. The summed E-state index contributed by atoms with van der Waals surface area (Å²) in [4.78, 5) is 9.35. The van der Waals surface area contributed by atoms with Gasteiger partial charge in [0.15, 0.2) is 9.84 Å². The van der Waals surface area contributed by atoms with Crippen LogP contribution in [0.2, 0.25) is 0 Å². The molecule has 11 heteroatoms. The van der Waals surface area contributed by atoms with Gasteiger partial charge in [-0.2, -0.15) is 0 Å². The lowest BCUT2D eigenvalue weighted by molar-refractivity contribution is 0.0599. The zero-order valence-corrected chi connectivity index (χ0v) is 15.9. The minimum absolute atomic E-state index is 0.0173. The molecule has 0 aliphatic carbocycles. The van der Waals surface area contributed by atoms with E-state index in [1.54, 1.807) is 0 Å². The van der Waals surface area contributed by atoms with Crippen LogP contribution in [-0.4, -0.2) is 27.8 Å². The van der Waals surface area contributed by atoms with Crippen molar-refractivity contribution in [2.75, 3.05) is 13.4 Å². The van der Waals surface area contributed by atoms with Crippen LogP contribution in [-0.2, 0) is 14.6 Å². The molecule has 0 radical (unpaired) electrons. The normalized spacial score (nSPS) is 15.0. The Bertz CT molecular complexity index is 1030. The second-order valence-corrected chi connectivity index (χ2v) is 10.3. The summed E-state index contributed by atoms with van der Waals surface area (Å²) in [6.45, 7) is 1.48. The van der Waals surface area contributed by atoms with Gasteiger partial charge in [-0.3, -0.25) is 0 Å². The van der Waals surface area contributed by atoms with E-state index in [-0.39, 0.29) is 33.7 Å². The molecular formula is C16H15F5O4S2. The van der Waals surface area contributed by atoms with E-state index >= 15 is 0 Å². The number of rotatable bonds is 4. The van der Waals surface area contributed by atoms with Crippen LogP contribution in [0.15, 0.2) is 46.2 Å². The number of carbonyl (C=O) groups excluding carboxylic acids is 1. The predicted octanol–water partition coefficient (Wildman–Crippen LogP) is 5.51. The van der Waals surface area contributed by atoms with Crippen molar-refractivity contribution < 1.29 is 37.4 Å². The van der Waals surface area contributed by atoms with Gasteiger partial charge in [-0.25, -0.2) is 13.2 Å². The summed E-state index contributed by atoms with van der Waals surface area (Å²) in [5, 5.41) is 0. The molecule has 0 unspecified atom stereocenters. The van der Waals surface area contributed by atoms with Gasteiger partial charge in [0.25, 0.3) is 0 Å². The van der Waals surface area contributed by atoms with Gasteiger partial charge in [0.2, 0.25) is 0 Å². The van der Waals surface area contributed by atoms with E-state index in [0.717, 1.165) is 31.6 Å². The van der Waals surface area contributed by atoms with Gasteiger partial charge in [0.05, 0.1) is 17.6 Å². The van der Waals surface area contributed by atoms with Gasteiger partial charge in [-0.15, -0.1) is 0 Å². The third-order valence-corrected chi connectivity index (χ3v) is 6.04. The summed E-state index contributed by atoms with van der Waals surface area (Å²) >= 11 is 0. The van der Waals surface area contributed by atoms with Crippen LogP contribution >= 0.6 is 10.2 Å². The molecule has 0 N–H and O–H groups in total. The number of sulfone groups is 1. The van der Waals surface area contributed by atoms with Gasteiger partial charge < -0.3 is 4.74 Å². The van der Waals surface area contributed by atoms with Crippen molar-refractivity contribution in [1.29, 1.82) is 0 Å². The molecule has 0 aliphatic rings. The van der Waals surface area contributed by atoms with Crippen LogP contribution in [0.25, 0.3) is 11.1 Å². The molecule has 0 amide bonds. The Morgan fingerprint density at radius 1 is 1.00 bits per heavy atom. The van der Waals surface area contributed by atoms with Gasteiger partial charge in [0, 0.05) is 11.8 Å². The summed E-state index contributed by atoms with van der Waals surface area (Å²) in [5.41, 5.74) is 0.225. The maximum atomic E-state index is 12.8. The number of halogens is 5. The van der Waals surface area contributed by atoms with Crippen LogP contribution < -0.4 is 0 Å². The highest BCUT2D eigenvalue weighted by Gasteiger charge is 2.65. The highest BCUT2D eigenvalue weighted by molar-refractivity contribution is 8.45. The molecule has 2 aromatic rings. The Morgan fingerprint density at radius 2 is 1.52 bits per heavy atom. The Labute approximate surface area is 152 Å². The molecule has 0 bridgehead atoms. The second-order valence-electron chi connectivity index (χ2n) is 5.92. The number of esters is 1. The lowest BCUT2D eigenvalue weighted by Crippen LogP contribution is -2.09. The SMILES string of the molecule is COC(=O)c1cc(S(C)(=O)=O)c(-c2ccc(S(F)(F)(F)(F)F)cc2)cc1C. The van der Waals surface area contributed by atoms with Crippen molar-refractivity contribution in [2.24, 2.45) is 0 Å². The number of hydrogen-bond acceptors (Lipinski definition) is 4. The fraction of sp³-hybridized carbons (Fsp3) is 0.188. The molecule has 4 nitrogen and oxygen atoms in total. The Hall–Kier alpha value is -2.14. The van der Waals surface area contributed by atoms with E-state index in [1.165, 1.54) is 13.0 Å². The molecule has 0 spiro atoms. The van der Waals surface area contributed by atoms with E-state index in [1.807, 2.05) is 0 Å². The molecule has 0 aliphatic heterocycles. The molecule has 0 heterocycles. The smallest absolute Gasteiger partial charge is 0.338 e. The van der Waals surface area contributed by atoms with Crippen molar-refractivity contribution in [1.82, 2.24) is 0 Å². The van der Waals surface area contributed by atoms with Crippen molar-refractivity contribution in [3.63, 3.8) is 0 Å². The first-order valence-corrected chi connectivity index (χ1v) is 11.1. The zero-order chi connectivity index (χ0) is 20.9. The minimum Gasteiger partial charge on any atom is -0.465 e. The van der Waals surface area contributed by atoms with Crippen molar-refractivity contribution in [2.45, 2.75) is 16.7 Å². The fourth-order valence-corrected chi connectivity index (χ4v) is 4.00. The summed E-state index contributed by atoms with van der Waals surface area (Å²) in [5.74, 6) is -0.791. The Morgan fingerprint density at radius 3 is 1.93 bits per heavy atom. The minimum atomic E-state index is -9.84. The Balaban J connectivity index is 2.73. The average molecular weight is 430 g/mol. The average Bonchev–Trinajstić information content (AvgIpc) is 2.50. The summed E-state index contributed by atoms with van der Waals surface area (Å²) in [6.07, 6.45) is 0.852. The number of methoxy groups -OCH3 is 1. The lowest BCUT2D eigenvalue weighted by Gasteiger charge is -2.40. The van der Waals surface area contributed by atoms with E-state index < -0.39 is 30.9 Å². The second kappa shape index (κ2) is 5.68. The third kappa shape index (κ3) is 4.59. The van der Waals surface area contributed by atoms with Crippen LogP contribution in [0.3, 0.4) is 0 Å². The van der Waals surface area contributed by atoms with Crippen LogP contribution in [0.1, 0.15) is 15.9 Å². The number of aryl methyl sites for hydroxylation is 1. The van der Waals surface area contributed by atoms with Crippen molar-refractivity contribution in [3.05, 3.63) is 47.5 Å². The van der Waals surface area contributed by atoms with E-state index in [4.69, 9.17) is 0 Å². The molecular weight excluding hydrogens is 415 g/mol. The fourth-order valence-electron chi connectivity index (χ4n) is 2.44. The standard InChI is InChI=1S/C16H15F5O4S2/c1-10-8-14(15(26(3,23)24)9-13(10)16(22)25-2)11-4-6-12(7-5-11)27(17,18,19,20)21/h4-9H,1-3H3. The van der Waals surface area contributed by atoms with E-state index in [0.29, 0.717) is 5.56 Å².